The van der Waals surface area contributed by atoms with Gasteiger partial charge in [-0.25, -0.2) is 13.2 Å². The van der Waals surface area contributed by atoms with Crippen molar-refractivity contribution in [3.63, 3.8) is 0 Å². The highest BCUT2D eigenvalue weighted by Crippen LogP contribution is 2.26. The Hall–Kier alpha value is -3.84. The molecule has 0 atom stereocenters. The smallest absolute Gasteiger partial charge is 0.336 e. The number of aromatic carboxylic acids is 1. The zero-order valence-corrected chi connectivity index (χ0v) is 19.6. The van der Waals surface area contributed by atoms with Crippen molar-refractivity contribution < 1.29 is 32.8 Å². The molecule has 0 radical (unpaired) electrons. The predicted molar refractivity (Wildman–Crippen MR) is 125 cm³/mol. The lowest BCUT2D eigenvalue weighted by molar-refractivity contribution is -0.384. The van der Waals surface area contributed by atoms with Gasteiger partial charge in [0.05, 0.1) is 27.5 Å². The maximum atomic E-state index is 13.0. The average Bonchev–Trinajstić information content (AvgIpc) is 2.83. The standard InChI is InChI=1S/C22H24N4O8S/c1-14-5-6-15(11-19(14)35(33,34)25-9-3-2-4-10-25)24-20(27)13-23-21(28)17-8-7-16(26(31)32)12-18(17)22(29)30/h5-8,11-12H,2-4,9-10,13H2,1H3,(H,23,28)(H,24,27)(H,29,30). The summed E-state index contributed by atoms with van der Waals surface area (Å²) >= 11 is 0. The molecule has 1 saturated heterocycles. The first kappa shape index (κ1) is 25.8. The Morgan fingerprint density at radius 1 is 1.06 bits per heavy atom. The van der Waals surface area contributed by atoms with Crippen LogP contribution in [-0.2, 0) is 14.8 Å². The highest BCUT2D eigenvalue weighted by atomic mass is 32.2. The van der Waals surface area contributed by atoms with Gasteiger partial charge in [-0.2, -0.15) is 4.31 Å². The topological polar surface area (TPSA) is 176 Å². The summed E-state index contributed by atoms with van der Waals surface area (Å²) in [6.07, 6.45) is 2.54. The molecule has 1 aliphatic rings. The third kappa shape index (κ3) is 6.00. The molecule has 2 aromatic rings. The largest absolute Gasteiger partial charge is 0.478 e. The zero-order chi connectivity index (χ0) is 25.8. The van der Waals surface area contributed by atoms with Gasteiger partial charge in [-0.3, -0.25) is 19.7 Å². The second kappa shape index (κ2) is 10.6. The number of benzene rings is 2. The molecule has 12 nitrogen and oxygen atoms in total. The Balaban J connectivity index is 1.69. The fourth-order valence-corrected chi connectivity index (χ4v) is 5.45. The van der Waals surface area contributed by atoms with Crippen LogP contribution in [0.1, 0.15) is 45.5 Å². The fraction of sp³-hybridized carbons (Fsp3) is 0.318. The summed E-state index contributed by atoms with van der Waals surface area (Å²) in [5.74, 6) is -3.13. The number of piperidine rings is 1. The first-order valence-corrected chi connectivity index (χ1v) is 12.2. The Labute approximate surface area is 201 Å². The lowest BCUT2D eigenvalue weighted by atomic mass is 10.1. The number of amides is 2. The summed E-state index contributed by atoms with van der Waals surface area (Å²) in [6.45, 7) is 1.99. The Bertz CT molecular complexity index is 1290. The quantitative estimate of drug-likeness (QED) is 0.362. The summed E-state index contributed by atoms with van der Waals surface area (Å²) < 4.78 is 27.5. The lowest BCUT2D eigenvalue weighted by Gasteiger charge is -2.26. The summed E-state index contributed by atoms with van der Waals surface area (Å²) in [6, 6.07) is 7.19. The molecule has 0 spiro atoms. The average molecular weight is 505 g/mol. The van der Waals surface area contributed by atoms with Crippen LogP contribution < -0.4 is 10.6 Å². The molecule has 0 unspecified atom stereocenters. The van der Waals surface area contributed by atoms with Crippen molar-refractivity contribution in [2.75, 3.05) is 25.0 Å². The van der Waals surface area contributed by atoms with E-state index in [2.05, 4.69) is 10.6 Å². The van der Waals surface area contributed by atoms with Gasteiger partial charge in [0, 0.05) is 30.9 Å². The van der Waals surface area contributed by atoms with Crippen molar-refractivity contribution in [1.29, 1.82) is 0 Å². The molecular weight excluding hydrogens is 480 g/mol. The van der Waals surface area contributed by atoms with Gasteiger partial charge in [0.1, 0.15) is 0 Å². The minimum Gasteiger partial charge on any atom is -0.478 e. The molecule has 2 aromatic carbocycles. The first-order valence-electron chi connectivity index (χ1n) is 10.7. The van der Waals surface area contributed by atoms with Crippen molar-refractivity contribution in [3.8, 4) is 0 Å². The lowest BCUT2D eigenvalue weighted by Crippen LogP contribution is -2.36. The number of sulfonamides is 1. The molecule has 1 fully saturated rings. The number of carboxylic acid groups (broad SMARTS) is 1. The van der Waals surface area contributed by atoms with Crippen molar-refractivity contribution in [2.24, 2.45) is 0 Å². The molecule has 3 N–H and O–H groups in total. The number of anilines is 1. The van der Waals surface area contributed by atoms with Gasteiger partial charge in [-0.15, -0.1) is 0 Å². The van der Waals surface area contributed by atoms with Gasteiger partial charge < -0.3 is 15.7 Å². The van der Waals surface area contributed by atoms with E-state index in [4.69, 9.17) is 0 Å². The number of nitro groups is 1. The van der Waals surface area contributed by atoms with Crippen LogP contribution >= 0.6 is 0 Å². The maximum absolute atomic E-state index is 13.0. The van der Waals surface area contributed by atoms with Crippen LogP contribution in [0.15, 0.2) is 41.3 Å². The number of aryl methyl sites for hydroxylation is 1. The van der Waals surface area contributed by atoms with E-state index in [0.29, 0.717) is 18.7 Å². The number of carbonyl (C=O) groups excluding carboxylic acids is 2. The number of hydrogen-bond donors (Lipinski definition) is 3. The van der Waals surface area contributed by atoms with Crippen LogP contribution in [0.25, 0.3) is 0 Å². The second-order valence-electron chi connectivity index (χ2n) is 7.97. The number of non-ortho nitro benzene ring substituents is 1. The van der Waals surface area contributed by atoms with Crippen molar-refractivity contribution in [1.82, 2.24) is 9.62 Å². The molecule has 1 aliphatic heterocycles. The number of nitro benzene ring substituents is 1. The van der Waals surface area contributed by atoms with E-state index >= 15 is 0 Å². The van der Waals surface area contributed by atoms with Crippen molar-refractivity contribution in [2.45, 2.75) is 31.1 Å². The highest BCUT2D eigenvalue weighted by Gasteiger charge is 2.28. The van der Waals surface area contributed by atoms with Gasteiger partial charge in [0.25, 0.3) is 11.6 Å². The number of carboxylic acids is 1. The van der Waals surface area contributed by atoms with Crippen LogP contribution in [0.2, 0.25) is 0 Å². The highest BCUT2D eigenvalue weighted by molar-refractivity contribution is 7.89. The summed E-state index contributed by atoms with van der Waals surface area (Å²) in [5, 5.41) is 24.9. The van der Waals surface area contributed by atoms with Gasteiger partial charge >= 0.3 is 5.97 Å². The molecule has 2 amide bonds. The van der Waals surface area contributed by atoms with E-state index < -0.39 is 50.5 Å². The molecule has 0 aromatic heterocycles. The second-order valence-corrected chi connectivity index (χ2v) is 9.87. The van der Waals surface area contributed by atoms with Gasteiger partial charge in [-0.1, -0.05) is 12.5 Å². The van der Waals surface area contributed by atoms with Gasteiger partial charge in [0.15, 0.2) is 0 Å². The number of nitrogens with zero attached hydrogens (tertiary/aromatic N) is 2. The maximum Gasteiger partial charge on any atom is 0.336 e. The number of carbonyl (C=O) groups is 3. The normalized spacial score (nSPS) is 14.2. The molecule has 0 aliphatic carbocycles. The molecule has 1 heterocycles. The third-order valence-corrected chi connectivity index (χ3v) is 7.54. The minimum atomic E-state index is -3.73. The molecular formula is C22H24N4O8S. The third-order valence-electron chi connectivity index (χ3n) is 5.50. The summed E-state index contributed by atoms with van der Waals surface area (Å²) in [7, 11) is -3.73. The van der Waals surface area contributed by atoms with Gasteiger partial charge in [0.2, 0.25) is 15.9 Å². The molecule has 186 valence electrons. The van der Waals surface area contributed by atoms with E-state index in [1.54, 1.807) is 13.0 Å². The summed E-state index contributed by atoms with van der Waals surface area (Å²) in [5.41, 5.74) is -0.677. The molecule has 35 heavy (non-hydrogen) atoms. The van der Waals surface area contributed by atoms with Crippen LogP contribution in [-0.4, -0.2) is 60.2 Å². The van der Waals surface area contributed by atoms with Crippen molar-refractivity contribution in [3.05, 3.63) is 63.2 Å². The minimum absolute atomic E-state index is 0.0817. The Morgan fingerprint density at radius 3 is 2.37 bits per heavy atom. The van der Waals surface area contributed by atoms with E-state index in [0.717, 1.165) is 37.5 Å². The molecule has 13 heteroatoms. The monoisotopic (exact) mass is 504 g/mol. The van der Waals surface area contributed by atoms with E-state index in [1.807, 2.05) is 0 Å². The predicted octanol–water partition coefficient (Wildman–Crippen LogP) is 2.14. The number of nitrogens with one attached hydrogen (secondary N) is 2. The molecule has 0 bridgehead atoms. The Kier molecular flexibility index (Phi) is 7.82. The zero-order valence-electron chi connectivity index (χ0n) is 18.8. The molecule has 3 rings (SSSR count). The first-order chi connectivity index (χ1) is 16.5. The van der Waals surface area contributed by atoms with Crippen LogP contribution in [0, 0.1) is 17.0 Å². The van der Waals surface area contributed by atoms with Crippen LogP contribution in [0.3, 0.4) is 0 Å². The van der Waals surface area contributed by atoms with Crippen molar-refractivity contribution >= 4 is 39.2 Å². The fourth-order valence-electron chi connectivity index (χ4n) is 3.68. The summed E-state index contributed by atoms with van der Waals surface area (Å²) in [4.78, 5) is 46.3. The van der Waals surface area contributed by atoms with Crippen LogP contribution in [0.5, 0.6) is 0 Å². The number of rotatable bonds is 8. The van der Waals surface area contributed by atoms with E-state index in [9.17, 15) is 38.0 Å². The van der Waals surface area contributed by atoms with E-state index in [-0.39, 0.29) is 16.1 Å². The van der Waals surface area contributed by atoms with E-state index in [1.165, 1.54) is 16.4 Å². The Morgan fingerprint density at radius 2 is 1.74 bits per heavy atom. The molecule has 0 saturated carbocycles. The number of hydrogen-bond acceptors (Lipinski definition) is 7. The van der Waals surface area contributed by atoms with Crippen LogP contribution in [0.4, 0.5) is 11.4 Å². The van der Waals surface area contributed by atoms with Gasteiger partial charge in [-0.05, 0) is 43.5 Å². The SMILES string of the molecule is Cc1ccc(NC(=O)CNC(=O)c2ccc([N+](=O)[O-])cc2C(=O)O)cc1S(=O)(=O)N1CCCCC1.